The quantitative estimate of drug-likeness (QED) is 0.251. The van der Waals surface area contributed by atoms with E-state index < -0.39 is 51.1 Å². The van der Waals surface area contributed by atoms with Gasteiger partial charge in [0.25, 0.3) is 5.91 Å². The van der Waals surface area contributed by atoms with Crippen molar-refractivity contribution in [2.75, 3.05) is 5.32 Å². The molecular formula is C20H10F9IN2O2. The van der Waals surface area contributed by atoms with E-state index in [0.717, 1.165) is 0 Å². The number of carbonyl (C=O) groups is 1. The number of carbonyl (C=O) groups excluding carboxylic acids is 1. The van der Waals surface area contributed by atoms with Crippen molar-refractivity contribution in [2.45, 2.75) is 24.6 Å². The number of anilines is 1. The summed E-state index contributed by atoms with van der Waals surface area (Å²) in [5.74, 6) is -2.25. The zero-order valence-electron chi connectivity index (χ0n) is 16.2. The number of fused-ring (bicyclic) bond motifs is 1. The van der Waals surface area contributed by atoms with Gasteiger partial charge in [0.2, 0.25) is 0 Å². The standard InChI is InChI=1S/C20H10F9IN2O2/c21-17(22)34-14-8-11(18(23,19(24,25)26)20(27,28)29)7-12(30)15(14)32-16(33)10-4-3-9-2-1-5-31-13(9)6-10/h1-8,17H,(H,32,33). The number of nitrogens with zero attached hydrogens (tertiary/aromatic N) is 1. The Morgan fingerprint density at radius 2 is 1.62 bits per heavy atom. The summed E-state index contributed by atoms with van der Waals surface area (Å²) < 4.78 is 122. The first-order valence-electron chi connectivity index (χ1n) is 8.92. The third kappa shape index (κ3) is 4.86. The van der Waals surface area contributed by atoms with Gasteiger partial charge in [-0.2, -0.15) is 35.1 Å². The van der Waals surface area contributed by atoms with Crippen LogP contribution in [0.1, 0.15) is 15.9 Å². The highest BCUT2D eigenvalue weighted by Gasteiger charge is 2.73. The molecular weight excluding hydrogens is 598 g/mol. The van der Waals surface area contributed by atoms with Crippen LogP contribution in [0.25, 0.3) is 10.9 Å². The summed E-state index contributed by atoms with van der Waals surface area (Å²) in [6.07, 6.45) is -11.5. The smallest absolute Gasteiger partial charge is 0.433 e. The van der Waals surface area contributed by atoms with E-state index >= 15 is 0 Å². The fourth-order valence-electron chi connectivity index (χ4n) is 2.97. The lowest BCUT2D eigenvalue weighted by Crippen LogP contribution is -2.50. The zero-order chi connectivity index (χ0) is 25.5. The van der Waals surface area contributed by atoms with Crippen LogP contribution in [0.2, 0.25) is 0 Å². The van der Waals surface area contributed by atoms with Gasteiger partial charge in [0.1, 0.15) is 0 Å². The Morgan fingerprint density at radius 1 is 0.971 bits per heavy atom. The van der Waals surface area contributed by atoms with E-state index in [9.17, 15) is 44.3 Å². The van der Waals surface area contributed by atoms with E-state index in [-0.39, 0.29) is 17.7 Å². The maximum Gasteiger partial charge on any atom is 0.435 e. The van der Waals surface area contributed by atoms with Crippen LogP contribution in [-0.2, 0) is 5.67 Å². The van der Waals surface area contributed by atoms with E-state index in [0.29, 0.717) is 10.9 Å². The molecule has 0 aliphatic heterocycles. The van der Waals surface area contributed by atoms with Crippen LogP contribution in [0.5, 0.6) is 5.75 Å². The Morgan fingerprint density at radius 3 is 2.21 bits per heavy atom. The van der Waals surface area contributed by atoms with Crippen LogP contribution in [0.3, 0.4) is 0 Å². The number of halogens is 10. The molecule has 14 heteroatoms. The van der Waals surface area contributed by atoms with Gasteiger partial charge in [0, 0.05) is 26.3 Å². The minimum absolute atomic E-state index is 0.0560. The predicted molar refractivity (Wildman–Crippen MR) is 110 cm³/mol. The van der Waals surface area contributed by atoms with Crippen molar-refractivity contribution in [1.82, 2.24) is 4.98 Å². The summed E-state index contributed by atoms with van der Waals surface area (Å²) in [6, 6.07) is 7.43. The second-order valence-electron chi connectivity index (χ2n) is 6.73. The van der Waals surface area contributed by atoms with Crippen LogP contribution in [0, 0.1) is 3.57 Å². The molecule has 0 unspecified atom stereocenters. The number of amides is 1. The van der Waals surface area contributed by atoms with Gasteiger partial charge in [-0.15, -0.1) is 0 Å². The number of hydrogen-bond acceptors (Lipinski definition) is 3. The topological polar surface area (TPSA) is 51.2 Å². The summed E-state index contributed by atoms with van der Waals surface area (Å²) in [5.41, 5.74) is -8.28. The van der Waals surface area contributed by atoms with Crippen molar-refractivity contribution >= 4 is 45.1 Å². The van der Waals surface area contributed by atoms with Crippen molar-refractivity contribution < 1.29 is 49.0 Å². The summed E-state index contributed by atoms with van der Waals surface area (Å²) in [7, 11) is 0. The molecule has 34 heavy (non-hydrogen) atoms. The van der Waals surface area contributed by atoms with E-state index in [1.54, 1.807) is 12.1 Å². The van der Waals surface area contributed by atoms with Gasteiger partial charge in [-0.25, -0.2) is 4.39 Å². The second kappa shape index (κ2) is 9.11. The summed E-state index contributed by atoms with van der Waals surface area (Å²) in [5, 5.41) is 2.76. The second-order valence-corrected chi connectivity index (χ2v) is 7.89. The summed E-state index contributed by atoms with van der Waals surface area (Å²) in [4.78, 5) is 16.7. The van der Waals surface area contributed by atoms with Gasteiger partial charge in [-0.1, -0.05) is 12.1 Å². The molecule has 1 aromatic heterocycles. The van der Waals surface area contributed by atoms with Crippen LogP contribution in [-0.4, -0.2) is 29.9 Å². The van der Waals surface area contributed by atoms with Crippen LogP contribution < -0.4 is 10.1 Å². The van der Waals surface area contributed by atoms with Crippen molar-refractivity contribution in [3.8, 4) is 5.75 Å². The average Bonchev–Trinajstić information content (AvgIpc) is 2.72. The van der Waals surface area contributed by atoms with Gasteiger partial charge in [0.15, 0.2) is 5.75 Å². The number of alkyl halides is 9. The third-order valence-electron chi connectivity index (χ3n) is 4.56. The van der Waals surface area contributed by atoms with Crippen LogP contribution >= 0.6 is 22.6 Å². The van der Waals surface area contributed by atoms with Crippen molar-refractivity contribution in [1.29, 1.82) is 0 Å². The SMILES string of the molecule is O=C(Nc1c(I)cc(C(F)(C(F)(F)F)C(F)(F)F)cc1OC(F)F)c1ccc2cccnc2c1. The Hall–Kier alpha value is -2.78. The first-order valence-corrected chi connectivity index (χ1v) is 10.0. The number of benzene rings is 2. The molecule has 3 rings (SSSR count). The Bertz CT molecular complexity index is 1210. The minimum atomic E-state index is -6.47. The normalized spacial score (nSPS) is 12.8. The van der Waals surface area contributed by atoms with Gasteiger partial charge in [0.05, 0.1) is 11.2 Å². The molecule has 0 aliphatic rings. The molecule has 1 amide bonds. The van der Waals surface area contributed by atoms with E-state index in [1.165, 1.54) is 47.0 Å². The molecule has 0 fully saturated rings. The molecule has 3 aromatic rings. The van der Waals surface area contributed by atoms with E-state index in [1.807, 2.05) is 0 Å². The zero-order valence-corrected chi connectivity index (χ0v) is 18.4. The molecule has 1 heterocycles. The highest BCUT2D eigenvalue weighted by Crippen LogP contribution is 2.54. The summed E-state index contributed by atoms with van der Waals surface area (Å²) >= 11 is 1.17. The van der Waals surface area contributed by atoms with Gasteiger partial charge in [-0.3, -0.25) is 9.78 Å². The molecule has 4 nitrogen and oxygen atoms in total. The lowest BCUT2D eigenvalue weighted by molar-refractivity contribution is -0.348. The van der Waals surface area contributed by atoms with Gasteiger partial charge < -0.3 is 10.1 Å². The lowest BCUT2D eigenvalue weighted by atomic mass is 9.93. The number of hydrogen-bond donors (Lipinski definition) is 1. The van der Waals surface area contributed by atoms with Crippen LogP contribution in [0.4, 0.5) is 45.2 Å². The molecule has 0 saturated heterocycles. The molecule has 2 aromatic carbocycles. The number of aromatic nitrogens is 1. The summed E-state index contributed by atoms with van der Waals surface area (Å²) in [6.45, 7) is -3.71. The molecule has 0 aliphatic carbocycles. The fourth-order valence-corrected chi connectivity index (χ4v) is 3.71. The molecule has 0 bridgehead atoms. The molecule has 182 valence electrons. The largest absolute Gasteiger partial charge is 0.435 e. The molecule has 0 spiro atoms. The monoisotopic (exact) mass is 608 g/mol. The van der Waals surface area contributed by atoms with Crippen molar-refractivity contribution in [3.63, 3.8) is 0 Å². The Balaban J connectivity index is 2.09. The first kappa shape index (κ1) is 25.8. The number of nitrogens with one attached hydrogen (secondary N) is 1. The molecule has 1 N–H and O–H groups in total. The third-order valence-corrected chi connectivity index (χ3v) is 5.41. The van der Waals surface area contributed by atoms with Gasteiger partial charge in [-0.05, 0) is 52.9 Å². The van der Waals surface area contributed by atoms with E-state index in [4.69, 9.17) is 0 Å². The molecule has 0 saturated carbocycles. The fraction of sp³-hybridized carbons (Fsp3) is 0.200. The molecule has 0 radical (unpaired) electrons. The molecule has 0 atom stereocenters. The maximum absolute atomic E-state index is 14.5. The average molecular weight is 608 g/mol. The predicted octanol–water partition coefficient (Wildman–Crippen LogP) is 6.98. The highest BCUT2D eigenvalue weighted by atomic mass is 127. The van der Waals surface area contributed by atoms with E-state index in [2.05, 4.69) is 15.0 Å². The van der Waals surface area contributed by atoms with Crippen molar-refractivity contribution in [3.05, 3.63) is 63.4 Å². The number of rotatable bonds is 5. The maximum atomic E-state index is 14.5. The van der Waals surface area contributed by atoms with Gasteiger partial charge >= 0.3 is 24.6 Å². The Labute approximate surface area is 198 Å². The first-order chi connectivity index (χ1) is 15.6. The number of ether oxygens (including phenoxy) is 1. The number of pyridine rings is 1. The Kier molecular flexibility index (Phi) is 6.92. The van der Waals surface area contributed by atoms with Crippen LogP contribution in [0.15, 0.2) is 48.7 Å². The highest BCUT2D eigenvalue weighted by molar-refractivity contribution is 14.1. The lowest BCUT2D eigenvalue weighted by Gasteiger charge is -2.31. The van der Waals surface area contributed by atoms with Crippen molar-refractivity contribution in [2.24, 2.45) is 0 Å². The minimum Gasteiger partial charge on any atom is -0.433 e.